The Balaban J connectivity index is 1.95. The summed E-state index contributed by atoms with van der Waals surface area (Å²) in [6, 6.07) is 8.64. The summed E-state index contributed by atoms with van der Waals surface area (Å²) in [5.41, 5.74) is 3.22. The van der Waals surface area contributed by atoms with Gasteiger partial charge in [0.05, 0.1) is 0 Å². The van der Waals surface area contributed by atoms with Crippen molar-refractivity contribution in [3.8, 4) is 0 Å². The van der Waals surface area contributed by atoms with E-state index in [2.05, 4.69) is 43.4 Å². The van der Waals surface area contributed by atoms with Crippen LogP contribution in [0.4, 0.5) is 0 Å². The second kappa shape index (κ2) is 4.36. The van der Waals surface area contributed by atoms with E-state index in [0.717, 1.165) is 6.54 Å². The topological polar surface area (TPSA) is 12.0 Å². The van der Waals surface area contributed by atoms with Crippen molar-refractivity contribution in [1.29, 1.82) is 0 Å². The van der Waals surface area contributed by atoms with Crippen molar-refractivity contribution in [3.05, 3.63) is 35.4 Å². The zero-order chi connectivity index (χ0) is 10.7. The fourth-order valence-corrected chi connectivity index (χ4v) is 2.45. The van der Waals surface area contributed by atoms with Crippen LogP contribution in [-0.2, 0) is 6.54 Å². The second-order valence-electron chi connectivity index (χ2n) is 5.05. The Hall–Kier alpha value is -0.820. The Kier molecular flexibility index (Phi) is 3.11. The molecule has 0 aromatic heterocycles. The Bertz CT molecular complexity index is 324. The van der Waals surface area contributed by atoms with Crippen molar-refractivity contribution in [2.75, 3.05) is 0 Å². The van der Waals surface area contributed by atoms with E-state index in [4.69, 9.17) is 0 Å². The Morgan fingerprint density at radius 1 is 1.20 bits per heavy atom. The van der Waals surface area contributed by atoms with E-state index in [0.29, 0.717) is 5.54 Å². The maximum atomic E-state index is 3.72. The molecule has 1 saturated carbocycles. The molecule has 2 rings (SSSR count). The molecule has 0 saturated heterocycles. The average molecular weight is 203 g/mol. The van der Waals surface area contributed by atoms with E-state index < -0.39 is 0 Å². The third-order valence-electron chi connectivity index (χ3n) is 3.67. The highest BCUT2D eigenvalue weighted by Gasteiger charge is 2.27. The molecule has 82 valence electrons. The van der Waals surface area contributed by atoms with Gasteiger partial charge in [-0.05, 0) is 37.8 Å². The van der Waals surface area contributed by atoms with Gasteiger partial charge in [-0.3, -0.25) is 0 Å². The molecule has 1 aliphatic rings. The molecule has 1 aromatic rings. The molecule has 0 unspecified atom stereocenters. The first kappa shape index (κ1) is 10.7. The van der Waals surface area contributed by atoms with E-state index in [-0.39, 0.29) is 0 Å². The van der Waals surface area contributed by atoms with E-state index >= 15 is 0 Å². The Morgan fingerprint density at radius 3 is 2.53 bits per heavy atom. The molecular formula is C14H21N. The standard InChI is InChI=1S/C14H21N/c1-12-7-3-4-8-13(12)11-15-14(2)9-5-6-10-14/h3-4,7-8,15H,5-6,9-11H2,1-2H3. The van der Waals surface area contributed by atoms with Crippen LogP contribution in [0, 0.1) is 6.92 Å². The van der Waals surface area contributed by atoms with E-state index in [1.54, 1.807) is 0 Å². The largest absolute Gasteiger partial charge is 0.307 e. The monoisotopic (exact) mass is 203 g/mol. The summed E-state index contributed by atoms with van der Waals surface area (Å²) >= 11 is 0. The van der Waals surface area contributed by atoms with Crippen LogP contribution >= 0.6 is 0 Å². The van der Waals surface area contributed by atoms with Gasteiger partial charge in [0.1, 0.15) is 0 Å². The quantitative estimate of drug-likeness (QED) is 0.793. The minimum atomic E-state index is 0.391. The first-order chi connectivity index (χ1) is 7.20. The third kappa shape index (κ3) is 2.60. The maximum absolute atomic E-state index is 3.72. The average Bonchev–Trinajstić information content (AvgIpc) is 2.65. The Morgan fingerprint density at radius 2 is 1.87 bits per heavy atom. The van der Waals surface area contributed by atoms with Gasteiger partial charge in [0, 0.05) is 12.1 Å². The minimum Gasteiger partial charge on any atom is -0.307 e. The van der Waals surface area contributed by atoms with E-state index in [9.17, 15) is 0 Å². The number of nitrogens with one attached hydrogen (secondary N) is 1. The van der Waals surface area contributed by atoms with E-state index in [1.807, 2.05) is 0 Å². The van der Waals surface area contributed by atoms with Gasteiger partial charge in [0.2, 0.25) is 0 Å². The molecule has 0 aliphatic heterocycles. The lowest BCUT2D eigenvalue weighted by Crippen LogP contribution is -2.38. The van der Waals surface area contributed by atoms with Gasteiger partial charge >= 0.3 is 0 Å². The molecule has 0 amide bonds. The fraction of sp³-hybridized carbons (Fsp3) is 0.571. The highest BCUT2D eigenvalue weighted by atomic mass is 15.0. The van der Waals surface area contributed by atoms with E-state index in [1.165, 1.54) is 36.8 Å². The smallest absolute Gasteiger partial charge is 0.0213 e. The molecule has 1 aliphatic carbocycles. The minimum absolute atomic E-state index is 0.391. The number of rotatable bonds is 3. The molecule has 1 N–H and O–H groups in total. The van der Waals surface area contributed by atoms with Gasteiger partial charge in [-0.1, -0.05) is 37.1 Å². The summed E-state index contributed by atoms with van der Waals surface area (Å²) in [6.45, 7) is 5.56. The van der Waals surface area contributed by atoms with Crippen molar-refractivity contribution >= 4 is 0 Å². The van der Waals surface area contributed by atoms with Crippen LogP contribution < -0.4 is 5.32 Å². The lowest BCUT2D eigenvalue weighted by Gasteiger charge is -2.25. The fourth-order valence-electron chi connectivity index (χ4n) is 2.45. The number of hydrogen-bond donors (Lipinski definition) is 1. The molecule has 1 aromatic carbocycles. The summed E-state index contributed by atoms with van der Waals surface area (Å²) in [6.07, 6.45) is 5.44. The lowest BCUT2D eigenvalue weighted by atomic mass is 9.99. The van der Waals surface area contributed by atoms with Gasteiger partial charge in [0.25, 0.3) is 0 Å². The van der Waals surface area contributed by atoms with Gasteiger partial charge in [-0.15, -0.1) is 0 Å². The van der Waals surface area contributed by atoms with Gasteiger partial charge in [0.15, 0.2) is 0 Å². The second-order valence-corrected chi connectivity index (χ2v) is 5.05. The molecule has 0 bridgehead atoms. The summed E-state index contributed by atoms with van der Waals surface area (Å²) in [7, 11) is 0. The van der Waals surface area contributed by atoms with Gasteiger partial charge in [-0.25, -0.2) is 0 Å². The normalized spacial score (nSPS) is 19.3. The predicted octanol–water partition coefficient (Wildman–Crippen LogP) is 3.42. The lowest BCUT2D eigenvalue weighted by molar-refractivity contribution is 0.362. The molecule has 0 radical (unpaired) electrons. The van der Waals surface area contributed by atoms with Crippen molar-refractivity contribution < 1.29 is 0 Å². The zero-order valence-electron chi connectivity index (χ0n) is 9.84. The van der Waals surface area contributed by atoms with Crippen LogP contribution in [0.15, 0.2) is 24.3 Å². The molecule has 0 atom stereocenters. The van der Waals surface area contributed by atoms with Crippen molar-refractivity contribution in [1.82, 2.24) is 5.32 Å². The van der Waals surface area contributed by atoms with Crippen molar-refractivity contribution in [3.63, 3.8) is 0 Å². The highest BCUT2D eigenvalue weighted by Crippen LogP contribution is 2.29. The van der Waals surface area contributed by atoms with Crippen molar-refractivity contribution in [2.24, 2.45) is 0 Å². The van der Waals surface area contributed by atoms with Gasteiger partial charge < -0.3 is 5.32 Å². The number of aryl methyl sites for hydroxylation is 1. The maximum Gasteiger partial charge on any atom is 0.0213 e. The van der Waals surface area contributed by atoms with Crippen LogP contribution in [0.25, 0.3) is 0 Å². The molecular weight excluding hydrogens is 182 g/mol. The molecule has 0 heterocycles. The molecule has 1 nitrogen and oxygen atoms in total. The first-order valence-corrected chi connectivity index (χ1v) is 5.99. The van der Waals surface area contributed by atoms with Crippen LogP contribution in [0.3, 0.4) is 0 Å². The summed E-state index contributed by atoms with van der Waals surface area (Å²) in [4.78, 5) is 0. The van der Waals surface area contributed by atoms with Crippen LogP contribution in [-0.4, -0.2) is 5.54 Å². The SMILES string of the molecule is Cc1ccccc1CNC1(C)CCCC1. The van der Waals surface area contributed by atoms with Crippen molar-refractivity contribution in [2.45, 2.75) is 51.6 Å². The van der Waals surface area contributed by atoms with Crippen LogP contribution in [0.1, 0.15) is 43.7 Å². The van der Waals surface area contributed by atoms with Crippen LogP contribution in [0.2, 0.25) is 0 Å². The number of benzene rings is 1. The van der Waals surface area contributed by atoms with Crippen LogP contribution in [0.5, 0.6) is 0 Å². The zero-order valence-corrected chi connectivity index (χ0v) is 9.84. The van der Waals surface area contributed by atoms with Gasteiger partial charge in [-0.2, -0.15) is 0 Å². The molecule has 15 heavy (non-hydrogen) atoms. The molecule has 1 heteroatoms. The highest BCUT2D eigenvalue weighted by molar-refractivity contribution is 5.25. The predicted molar refractivity (Wildman–Crippen MR) is 64.9 cm³/mol. The number of hydrogen-bond acceptors (Lipinski definition) is 1. The summed E-state index contributed by atoms with van der Waals surface area (Å²) in [5.74, 6) is 0. The molecule has 1 fully saturated rings. The Labute approximate surface area is 92.9 Å². The molecule has 0 spiro atoms. The summed E-state index contributed by atoms with van der Waals surface area (Å²) in [5, 5.41) is 3.72. The summed E-state index contributed by atoms with van der Waals surface area (Å²) < 4.78 is 0. The first-order valence-electron chi connectivity index (χ1n) is 5.99. The third-order valence-corrected chi connectivity index (χ3v) is 3.67.